The summed E-state index contributed by atoms with van der Waals surface area (Å²) in [6, 6.07) is 37.4. The molecular formula is C49H52O9. The molecule has 2 aliphatic carbocycles. The summed E-state index contributed by atoms with van der Waals surface area (Å²) < 4.78 is 16.6. The third-order valence-corrected chi connectivity index (χ3v) is 11.9. The molecule has 4 aromatic carbocycles. The fourth-order valence-electron chi connectivity index (χ4n) is 8.74. The predicted molar refractivity (Wildman–Crippen MR) is 219 cm³/mol. The number of aliphatic hydroxyl groups is 3. The summed E-state index contributed by atoms with van der Waals surface area (Å²) in [6.45, 7) is 0. The van der Waals surface area contributed by atoms with Crippen LogP contribution in [0.4, 0.5) is 0 Å². The molecular weight excluding hydrogens is 733 g/mol. The maximum atomic E-state index is 13.0. The molecule has 10 atom stereocenters. The van der Waals surface area contributed by atoms with Crippen LogP contribution in [0.25, 0.3) is 11.1 Å². The molecule has 2 heterocycles. The van der Waals surface area contributed by atoms with Crippen LogP contribution >= 0.6 is 0 Å². The van der Waals surface area contributed by atoms with Crippen LogP contribution in [-0.2, 0) is 36.6 Å². The maximum absolute atomic E-state index is 13.0. The Morgan fingerprint density at radius 3 is 1.66 bits per heavy atom. The number of rotatable bonds is 13. The largest absolute Gasteiger partial charge is 0.462 e. The van der Waals surface area contributed by atoms with Crippen molar-refractivity contribution in [1.29, 1.82) is 0 Å². The second-order valence-corrected chi connectivity index (χ2v) is 15.8. The normalized spacial score (nSPS) is 27.0. The minimum atomic E-state index is -0.621. The van der Waals surface area contributed by atoms with E-state index >= 15 is 0 Å². The first-order valence-corrected chi connectivity index (χ1v) is 20.4. The Kier molecular flexibility index (Phi) is 13.7. The second-order valence-electron chi connectivity index (χ2n) is 15.8. The lowest BCUT2D eigenvalue weighted by Gasteiger charge is -2.20. The quantitative estimate of drug-likeness (QED) is 0.0728. The number of esters is 3. The van der Waals surface area contributed by atoms with Crippen LogP contribution in [0.3, 0.4) is 0 Å². The van der Waals surface area contributed by atoms with Crippen LogP contribution in [0.2, 0.25) is 0 Å². The van der Waals surface area contributed by atoms with Gasteiger partial charge in [0.05, 0.1) is 36.7 Å². The molecule has 2 aliphatic heterocycles. The number of carbonyl (C=O) groups is 3. The number of benzene rings is 4. The minimum absolute atomic E-state index is 0.0478. The summed E-state index contributed by atoms with van der Waals surface area (Å²) >= 11 is 0. The Labute approximate surface area is 340 Å². The van der Waals surface area contributed by atoms with E-state index in [2.05, 4.69) is 0 Å². The van der Waals surface area contributed by atoms with E-state index in [0.29, 0.717) is 44.1 Å². The lowest BCUT2D eigenvalue weighted by Crippen LogP contribution is -2.25. The van der Waals surface area contributed by atoms with Gasteiger partial charge < -0.3 is 29.5 Å². The number of fused-ring (bicyclic) bond motifs is 2. The van der Waals surface area contributed by atoms with Crippen molar-refractivity contribution in [2.45, 2.75) is 88.0 Å². The van der Waals surface area contributed by atoms with Gasteiger partial charge in [-0.05, 0) is 60.1 Å². The van der Waals surface area contributed by atoms with Crippen molar-refractivity contribution in [2.75, 3.05) is 0 Å². The van der Waals surface area contributed by atoms with Gasteiger partial charge >= 0.3 is 17.9 Å². The zero-order chi connectivity index (χ0) is 40.4. The Balaban J connectivity index is 0.000000199. The van der Waals surface area contributed by atoms with Crippen molar-refractivity contribution >= 4 is 17.9 Å². The highest BCUT2D eigenvalue weighted by Crippen LogP contribution is 2.44. The summed E-state index contributed by atoms with van der Waals surface area (Å²) in [5.74, 6) is -1.05. The van der Waals surface area contributed by atoms with Crippen molar-refractivity contribution in [3.63, 3.8) is 0 Å². The smallest absolute Gasteiger partial charge is 0.338 e. The van der Waals surface area contributed by atoms with E-state index in [-0.39, 0.29) is 47.8 Å². The zero-order valence-electron chi connectivity index (χ0n) is 32.5. The van der Waals surface area contributed by atoms with Crippen LogP contribution in [0, 0.1) is 23.7 Å². The standard InChI is InChI=1S/C31H30O5.C18H22O4/c32-25(16-11-21-7-3-1-4-8-21)17-18-26-27-19-30(33)35-29(27)20-28(26)36-31(34)24-14-12-23(13-15-24)22-9-5-2-6-10-22;19-13(7-6-12-4-2-1-3-5-12)8-9-14-15-10-18(21)22-17(15)11-16(14)20/h1-10,12-15,17-18,25-29,32H,11,16,19-20H2;1-5,8-9,13-17,19-20H,6-7,10-11H2/b18-17+;9-8+/t25?,26-,27-,28-,29+;13?,14-,15-,16-,17+/m11/s1. The highest BCUT2D eigenvalue weighted by Gasteiger charge is 2.51. The molecule has 58 heavy (non-hydrogen) atoms. The molecule has 4 aromatic rings. The molecule has 0 amide bonds. The average Bonchev–Trinajstić information content (AvgIpc) is 3.96. The summed E-state index contributed by atoms with van der Waals surface area (Å²) in [5, 5.41) is 30.7. The van der Waals surface area contributed by atoms with E-state index < -0.39 is 30.4 Å². The Hall–Kier alpha value is -5.35. The molecule has 9 nitrogen and oxygen atoms in total. The van der Waals surface area contributed by atoms with Gasteiger partial charge in [-0.15, -0.1) is 0 Å². The van der Waals surface area contributed by atoms with E-state index in [1.54, 1.807) is 24.3 Å². The highest BCUT2D eigenvalue weighted by molar-refractivity contribution is 5.90. The number of hydrogen-bond donors (Lipinski definition) is 3. The van der Waals surface area contributed by atoms with Gasteiger partial charge in [0.15, 0.2) is 0 Å². The summed E-state index contributed by atoms with van der Waals surface area (Å²) in [6.07, 6.45) is 9.31. The van der Waals surface area contributed by atoms with E-state index in [0.717, 1.165) is 24.0 Å². The Morgan fingerprint density at radius 2 is 1.10 bits per heavy atom. The molecule has 302 valence electrons. The average molecular weight is 785 g/mol. The van der Waals surface area contributed by atoms with Crippen LogP contribution in [0.1, 0.15) is 60.0 Å². The van der Waals surface area contributed by atoms with Gasteiger partial charge in [0, 0.05) is 36.5 Å². The van der Waals surface area contributed by atoms with Crippen molar-refractivity contribution in [2.24, 2.45) is 23.7 Å². The molecule has 4 aliphatic rings. The fraction of sp³-hybridized carbons (Fsp3) is 0.367. The van der Waals surface area contributed by atoms with Crippen LogP contribution in [0.5, 0.6) is 0 Å². The van der Waals surface area contributed by atoms with Crippen LogP contribution < -0.4 is 0 Å². The third-order valence-electron chi connectivity index (χ3n) is 11.9. The summed E-state index contributed by atoms with van der Waals surface area (Å²) in [7, 11) is 0. The minimum Gasteiger partial charge on any atom is -0.462 e. The molecule has 8 rings (SSSR count). The van der Waals surface area contributed by atoms with Crippen molar-refractivity contribution in [3.05, 3.63) is 156 Å². The topological polar surface area (TPSA) is 140 Å². The fourth-order valence-corrected chi connectivity index (χ4v) is 8.74. The number of aryl methyl sites for hydroxylation is 2. The van der Waals surface area contributed by atoms with Gasteiger partial charge in [-0.1, -0.05) is 127 Å². The molecule has 2 unspecified atom stereocenters. The summed E-state index contributed by atoms with van der Waals surface area (Å²) in [5.41, 5.74) is 4.96. The van der Waals surface area contributed by atoms with Crippen molar-refractivity contribution in [3.8, 4) is 11.1 Å². The van der Waals surface area contributed by atoms with Crippen molar-refractivity contribution in [1.82, 2.24) is 0 Å². The molecule has 0 spiro atoms. The molecule has 2 saturated heterocycles. The Bertz CT molecular complexity index is 2010. The van der Waals surface area contributed by atoms with E-state index in [4.69, 9.17) is 14.2 Å². The Morgan fingerprint density at radius 1 is 0.638 bits per heavy atom. The van der Waals surface area contributed by atoms with Gasteiger partial charge in [0.25, 0.3) is 0 Å². The van der Waals surface area contributed by atoms with E-state index in [9.17, 15) is 29.7 Å². The SMILES string of the molecule is O=C1C[C@@H]2[C@@H](/C=C/C(O)CCc3ccccc3)[C@H](O)C[C@@H]2O1.O=C1C[C@@H]2[C@@H](/C=C/C(O)CCc3ccccc3)[C@H](OC(=O)c3ccc(-c4ccccc4)cc3)C[C@@H]2O1. The molecule has 9 heteroatoms. The molecule has 0 bridgehead atoms. The van der Waals surface area contributed by atoms with Crippen LogP contribution in [-0.4, -0.2) is 69.9 Å². The van der Waals surface area contributed by atoms with Gasteiger partial charge in [0.2, 0.25) is 0 Å². The number of carbonyl (C=O) groups excluding carboxylic acids is 3. The highest BCUT2D eigenvalue weighted by atomic mass is 16.6. The lowest BCUT2D eigenvalue weighted by molar-refractivity contribution is -0.142. The van der Waals surface area contributed by atoms with Gasteiger partial charge in [-0.2, -0.15) is 0 Å². The first-order valence-electron chi connectivity index (χ1n) is 20.4. The first kappa shape index (κ1) is 40.8. The first-order chi connectivity index (χ1) is 28.2. The predicted octanol–water partition coefficient (Wildman–Crippen LogP) is 7.23. The van der Waals surface area contributed by atoms with Gasteiger partial charge in [-0.25, -0.2) is 4.79 Å². The molecule has 2 saturated carbocycles. The van der Waals surface area contributed by atoms with Gasteiger partial charge in [0.1, 0.15) is 18.3 Å². The maximum Gasteiger partial charge on any atom is 0.338 e. The molecule has 0 aromatic heterocycles. The van der Waals surface area contributed by atoms with E-state index in [1.165, 1.54) is 11.1 Å². The molecule has 4 fully saturated rings. The third kappa shape index (κ3) is 10.6. The number of hydrogen-bond acceptors (Lipinski definition) is 9. The van der Waals surface area contributed by atoms with Gasteiger partial charge in [-0.3, -0.25) is 9.59 Å². The van der Waals surface area contributed by atoms with E-state index in [1.807, 2.05) is 115 Å². The summed E-state index contributed by atoms with van der Waals surface area (Å²) in [4.78, 5) is 36.2. The number of aliphatic hydroxyl groups excluding tert-OH is 3. The van der Waals surface area contributed by atoms with Crippen LogP contribution in [0.15, 0.2) is 140 Å². The lowest BCUT2D eigenvalue weighted by atomic mass is 9.91. The van der Waals surface area contributed by atoms with Crippen molar-refractivity contribution < 1.29 is 43.9 Å². The number of ether oxygens (including phenoxy) is 3. The molecule has 3 N–H and O–H groups in total. The monoisotopic (exact) mass is 784 g/mol. The zero-order valence-corrected chi connectivity index (χ0v) is 32.5. The molecule has 0 radical (unpaired) electrons. The second kappa shape index (κ2) is 19.4.